The molecule has 0 radical (unpaired) electrons. The van der Waals surface area contributed by atoms with Crippen molar-refractivity contribution in [2.45, 2.75) is 0 Å². The first-order valence-corrected chi connectivity index (χ1v) is 5.72. The van der Waals surface area contributed by atoms with E-state index in [1.165, 1.54) is 6.21 Å². The van der Waals surface area contributed by atoms with Gasteiger partial charge >= 0.3 is 0 Å². The summed E-state index contributed by atoms with van der Waals surface area (Å²) in [4.78, 5) is 0. The number of oxime groups is 1. The molecule has 0 amide bonds. The van der Waals surface area contributed by atoms with Crippen LogP contribution >= 0.6 is 0 Å². The summed E-state index contributed by atoms with van der Waals surface area (Å²) in [5, 5.41) is 11.6. The molecule has 5 heteroatoms. The van der Waals surface area contributed by atoms with Gasteiger partial charge < -0.3 is 14.7 Å². The minimum Gasteiger partial charge on any atom is -0.497 e. The Balaban J connectivity index is 2.25. The Morgan fingerprint density at radius 2 is 1.89 bits per heavy atom. The number of pyridine rings is 1. The molecule has 0 saturated carbocycles. The summed E-state index contributed by atoms with van der Waals surface area (Å²) in [6.45, 7) is 0. The largest absolute Gasteiger partial charge is 0.497 e. The van der Waals surface area contributed by atoms with Crippen LogP contribution in [0, 0.1) is 0 Å². The number of benzene rings is 1. The summed E-state index contributed by atoms with van der Waals surface area (Å²) in [6, 6.07) is 10.9. The zero-order valence-corrected chi connectivity index (χ0v) is 10.8. The van der Waals surface area contributed by atoms with E-state index in [2.05, 4.69) is 5.16 Å². The maximum Gasteiger partial charge on any atom is 0.230 e. The van der Waals surface area contributed by atoms with Gasteiger partial charge in [-0.05, 0) is 12.1 Å². The molecule has 19 heavy (non-hydrogen) atoms. The van der Waals surface area contributed by atoms with Crippen molar-refractivity contribution in [2.75, 3.05) is 7.11 Å². The lowest BCUT2D eigenvalue weighted by Gasteiger charge is -2.07. The van der Waals surface area contributed by atoms with Crippen molar-refractivity contribution in [1.29, 1.82) is 0 Å². The molecule has 0 saturated heterocycles. The number of aromatic nitrogens is 1. The fourth-order valence-electron chi connectivity index (χ4n) is 1.62. The molecule has 0 unspecified atom stereocenters. The van der Waals surface area contributed by atoms with E-state index >= 15 is 0 Å². The van der Waals surface area contributed by atoms with Gasteiger partial charge in [-0.3, -0.25) is 0 Å². The lowest BCUT2D eigenvalue weighted by atomic mass is 10.3. The van der Waals surface area contributed by atoms with Crippen LogP contribution in [0.2, 0.25) is 0 Å². The third-order valence-electron chi connectivity index (χ3n) is 2.63. The van der Waals surface area contributed by atoms with Crippen molar-refractivity contribution < 1.29 is 19.2 Å². The number of nitrogens with zero attached hydrogens (tertiary/aromatic N) is 2. The van der Waals surface area contributed by atoms with Gasteiger partial charge in [0.1, 0.15) is 30.5 Å². The van der Waals surface area contributed by atoms with Gasteiger partial charge in [0.15, 0.2) is 6.20 Å². The van der Waals surface area contributed by atoms with E-state index in [0.717, 1.165) is 11.4 Å². The highest BCUT2D eigenvalue weighted by Crippen LogP contribution is 2.24. The van der Waals surface area contributed by atoms with Crippen LogP contribution in [0.15, 0.2) is 47.8 Å². The normalized spacial score (nSPS) is 10.6. The van der Waals surface area contributed by atoms with Gasteiger partial charge in [-0.1, -0.05) is 11.2 Å². The zero-order chi connectivity index (χ0) is 13.7. The minimum absolute atomic E-state index is 0.654. The molecule has 2 aromatic rings. The second kappa shape index (κ2) is 5.86. The fourth-order valence-corrected chi connectivity index (χ4v) is 1.62. The molecule has 0 aliphatic rings. The van der Waals surface area contributed by atoms with Crippen LogP contribution in [0.1, 0.15) is 5.69 Å². The molecule has 1 aromatic carbocycles. The second-order valence-corrected chi connectivity index (χ2v) is 3.92. The van der Waals surface area contributed by atoms with Crippen LogP contribution < -0.4 is 14.0 Å². The van der Waals surface area contributed by atoms with E-state index in [9.17, 15) is 0 Å². The molecule has 1 heterocycles. The molecule has 0 aliphatic carbocycles. The molecule has 0 bridgehead atoms. The average Bonchev–Trinajstić information content (AvgIpc) is 2.43. The third kappa shape index (κ3) is 3.22. The molecule has 0 fully saturated rings. The second-order valence-electron chi connectivity index (χ2n) is 3.92. The van der Waals surface area contributed by atoms with Gasteiger partial charge in [0.2, 0.25) is 5.69 Å². The zero-order valence-electron chi connectivity index (χ0n) is 10.8. The first kappa shape index (κ1) is 12.9. The van der Waals surface area contributed by atoms with Crippen LogP contribution in [0.25, 0.3) is 0 Å². The van der Waals surface area contributed by atoms with E-state index in [4.69, 9.17) is 14.7 Å². The molecule has 0 aliphatic heterocycles. The van der Waals surface area contributed by atoms with Crippen molar-refractivity contribution in [3.8, 4) is 17.2 Å². The van der Waals surface area contributed by atoms with E-state index in [-0.39, 0.29) is 0 Å². The number of rotatable bonds is 4. The summed E-state index contributed by atoms with van der Waals surface area (Å²) in [5.74, 6) is 2.07. The summed E-state index contributed by atoms with van der Waals surface area (Å²) in [6.07, 6.45) is 3.17. The molecule has 0 spiro atoms. The number of aryl methyl sites for hydroxylation is 1. The van der Waals surface area contributed by atoms with Crippen molar-refractivity contribution in [3.63, 3.8) is 0 Å². The summed E-state index contributed by atoms with van der Waals surface area (Å²) in [7, 11) is 3.46. The summed E-state index contributed by atoms with van der Waals surface area (Å²) < 4.78 is 12.7. The summed E-state index contributed by atoms with van der Waals surface area (Å²) >= 11 is 0. The molecule has 0 atom stereocenters. The topological polar surface area (TPSA) is 54.9 Å². The van der Waals surface area contributed by atoms with Crippen molar-refractivity contribution >= 4 is 6.21 Å². The average molecular weight is 259 g/mol. The molecule has 1 N–H and O–H groups in total. The maximum absolute atomic E-state index is 8.59. The smallest absolute Gasteiger partial charge is 0.230 e. The van der Waals surface area contributed by atoms with Gasteiger partial charge in [-0.25, -0.2) is 0 Å². The van der Waals surface area contributed by atoms with Crippen LogP contribution in [0.4, 0.5) is 0 Å². The van der Waals surface area contributed by atoms with E-state index in [1.807, 2.05) is 42.1 Å². The van der Waals surface area contributed by atoms with E-state index < -0.39 is 0 Å². The lowest BCUT2D eigenvalue weighted by Crippen LogP contribution is -2.32. The Morgan fingerprint density at radius 1 is 1.16 bits per heavy atom. The Bertz CT molecular complexity index is 597. The van der Waals surface area contributed by atoms with Crippen molar-refractivity contribution in [2.24, 2.45) is 12.2 Å². The quantitative estimate of drug-likeness (QED) is 0.396. The van der Waals surface area contributed by atoms with Crippen molar-refractivity contribution in [1.82, 2.24) is 0 Å². The lowest BCUT2D eigenvalue weighted by molar-refractivity contribution is -0.672. The SMILES string of the molecule is COc1cccc(Oc2cc[n+](C)c(/C=N/O)c2)c1. The van der Waals surface area contributed by atoms with Gasteiger partial charge in [-0.2, -0.15) is 4.57 Å². The molecular weight excluding hydrogens is 244 g/mol. The Labute approximate surface area is 111 Å². The molecule has 98 valence electrons. The summed E-state index contributed by atoms with van der Waals surface area (Å²) in [5.41, 5.74) is 0.725. The van der Waals surface area contributed by atoms with Gasteiger partial charge in [0, 0.05) is 12.1 Å². The Kier molecular flexibility index (Phi) is 3.97. The van der Waals surface area contributed by atoms with Gasteiger partial charge in [0.05, 0.1) is 13.2 Å². The van der Waals surface area contributed by atoms with Crippen LogP contribution in [0.5, 0.6) is 17.2 Å². The highest BCUT2D eigenvalue weighted by molar-refractivity contribution is 5.74. The molecule has 1 aromatic heterocycles. The van der Waals surface area contributed by atoms with Crippen LogP contribution in [-0.4, -0.2) is 18.5 Å². The first-order chi connectivity index (χ1) is 9.22. The number of ether oxygens (including phenoxy) is 2. The van der Waals surface area contributed by atoms with Crippen LogP contribution in [0.3, 0.4) is 0 Å². The van der Waals surface area contributed by atoms with Gasteiger partial charge in [-0.15, -0.1) is 0 Å². The van der Waals surface area contributed by atoms with E-state index in [1.54, 1.807) is 19.2 Å². The minimum atomic E-state index is 0.654. The highest BCUT2D eigenvalue weighted by atomic mass is 16.5. The Hall–Kier alpha value is -2.56. The predicted octanol–water partition coefficient (Wildman–Crippen LogP) is 2.12. The standard InChI is InChI=1S/C14H14N2O3/c1-16-7-6-14(8-11(16)10-15-17)19-13-5-3-4-12(9-13)18-2/h3-10H,1-2H3/p+1. The third-order valence-corrected chi connectivity index (χ3v) is 2.63. The number of hydrogen-bond acceptors (Lipinski definition) is 4. The monoisotopic (exact) mass is 259 g/mol. The van der Waals surface area contributed by atoms with Crippen molar-refractivity contribution in [3.05, 3.63) is 48.3 Å². The number of hydrogen-bond donors (Lipinski definition) is 1. The molecule has 5 nitrogen and oxygen atoms in total. The van der Waals surface area contributed by atoms with E-state index in [0.29, 0.717) is 11.5 Å². The predicted molar refractivity (Wildman–Crippen MR) is 70.1 cm³/mol. The molecular formula is C14H15N2O3+. The van der Waals surface area contributed by atoms with Gasteiger partial charge in [0.25, 0.3) is 0 Å². The molecule has 2 rings (SSSR count). The first-order valence-electron chi connectivity index (χ1n) is 5.72. The fraction of sp³-hybridized carbons (Fsp3) is 0.143. The Morgan fingerprint density at radius 3 is 2.63 bits per heavy atom. The van der Waals surface area contributed by atoms with Crippen LogP contribution in [-0.2, 0) is 7.05 Å². The highest BCUT2D eigenvalue weighted by Gasteiger charge is 2.07. The number of methoxy groups -OCH3 is 1. The maximum atomic E-state index is 8.59.